The Morgan fingerprint density at radius 2 is 2.36 bits per heavy atom. The molecule has 1 heteroatoms. The van der Waals surface area contributed by atoms with Crippen molar-refractivity contribution in [2.24, 2.45) is 0 Å². The smallest absolute Gasteiger partial charge is 0.0126 e. The molecule has 0 aromatic heterocycles. The lowest BCUT2D eigenvalue weighted by atomic mass is 10.0. The molecule has 1 aliphatic carbocycles. The maximum absolute atomic E-state index is 5.32. The van der Waals surface area contributed by atoms with Crippen LogP contribution in [0.4, 0.5) is 0 Å². The summed E-state index contributed by atoms with van der Waals surface area (Å²) in [6, 6.07) is 0. The van der Waals surface area contributed by atoms with Gasteiger partial charge in [-0.1, -0.05) is 29.5 Å². The van der Waals surface area contributed by atoms with E-state index in [4.69, 9.17) is 11.6 Å². The van der Waals surface area contributed by atoms with Crippen LogP contribution in [0.1, 0.15) is 25.7 Å². The third-order valence-corrected chi connectivity index (χ3v) is 1.80. The second kappa shape index (κ2) is 5.04. The molecule has 0 unspecified atom stereocenters. The van der Waals surface area contributed by atoms with Gasteiger partial charge < -0.3 is 0 Å². The van der Waals surface area contributed by atoms with Crippen LogP contribution in [0.15, 0.2) is 23.3 Å². The van der Waals surface area contributed by atoms with Crippen molar-refractivity contribution in [1.82, 2.24) is 0 Å². The van der Waals surface area contributed by atoms with E-state index < -0.39 is 0 Å². The normalized spacial score (nSPS) is 17.4. The minimum Gasteiger partial charge on any atom is -0.0923 e. The Labute approximate surface area is 72.9 Å². The maximum Gasteiger partial charge on any atom is 0.0126 e. The molecule has 0 saturated heterocycles. The van der Waals surface area contributed by atoms with E-state index >= 15 is 0 Å². The van der Waals surface area contributed by atoms with E-state index in [0.717, 1.165) is 6.42 Å². The van der Waals surface area contributed by atoms with Crippen molar-refractivity contribution in [3.8, 4) is 11.8 Å². The zero-order valence-corrected chi connectivity index (χ0v) is 7.19. The number of hydrogen-bond acceptors (Lipinski definition) is 0. The highest BCUT2D eigenvalue weighted by Crippen LogP contribution is 2.15. The average Bonchev–Trinajstić information content (AvgIpc) is 2.07. The summed E-state index contributed by atoms with van der Waals surface area (Å²) >= 11 is 5.32. The lowest BCUT2D eigenvalue weighted by Crippen LogP contribution is -1.87. The number of allylic oxidation sites excluding steroid dienone is 3. The molecular weight excluding hydrogens is 156 g/mol. The van der Waals surface area contributed by atoms with Crippen molar-refractivity contribution in [2.75, 3.05) is 0 Å². The van der Waals surface area contributed by atoms with Crippen molar-refractivity contribution in [3.63, 3.8) is 0 Å². The van der Waals surface area contributed by atoms with E-state index in [9.17, 15) is 0 Å². The van der Waals surface area contributed by atoms with E-state index in [0.29, 0.717) is 0 Å². The summed E-state index contributed by atoms with van der Waals surface area (Å²) in [7, 11) is 0. The zero-order valence-electron chi connectivity index (χ0n) is 6.44. The highest BCUT2D eigenvalue weighted by Gasteiger charge is 1.98. The molecule has 0 aromatic rings. The Morgan fingerprint density at radius 1 is 1.45 bits per heavy atom. The third kappa shape index (κ3) is 3.30. The highest BCUT2D eigenvalue weighted by atomic mass is 35.5. The molecular formula is C10H11Cl. The molecule has 0 amide bonds. The fraction of sp³-hybridized carbons (Fsp3) is 0.400. The second-order valence-corrected chi connectivity index (χ2v) is 2.79. The first-order valence-corrected chi connectivity index (χ1v) is 4.33. The summed E-state index contributed by atoms with van der Waals surface area (Å²) in [5.41, 5.74) is 2.71. The average molecular weight is 167 g/mol. The van der Waals surface area contributed by atoms with Crippen molar-refractivity contribution >= 4 is 11.6 Å². The van der Waals surface area contributed by atoms with Gasteiger partial charge in [0, 0.05) is 5.54 Å². The quantitative estimate of drug-likeness (QED) is 0.485. The van der Waals surface area contributed by atoms with Gasteiger partial charge in [-0.25, -0.2) is 0 Å². The van der Waals surface area contributed by atoms with Crippen molar-refractivity contribution in [1.29, 1.82) is 0 Å². The molecule has 0 heterocycles. The molecule has 0 spiro atoms. The van der Waals surface area contributed by atoms with Gasteiger partial charge in [0.25, 0.3) is 0 Å². The SMILES string of the molecule is Cl/C=C/C#CC1=CCCCC1. The number of rotatable bonds is 0. The van der Waals surface area contributed by atoms with Gasteiger partial charge in [-0.3, -0.25) is 0 Å². The van der Waals surface area contributed by atoms with E-state index in [2.05, 4.69) is 17.9 Å². The van der Waals surface area contributed by atoms with Crippen LogP contribution in [0.2, 0.25) is 0 Å². The van der Waals surface area contributed by atoms with Crippen LogP contribution in [0.5, 0.6) is 0 Å². The Morgan fingerprint density at radius 3 is 3.00 bits per heavy atom. The first-order valence-electron chi connectivity index (χ1n) is 3.89. The monoisotopic (exact) mass is 166 g/mol. The van der Waals surface area contributed by atoms with Gasteiger partial charge in [-0.05, 0) is 37.3 Å². The van der Waals surface area contributed by atoms with Gasteiger partial charge in [-0.2, -0.15) is 0 Å². The molecule has 11 heavy (non-hydrogen) atoms. The molecule has 0 aliphatic heterocycles. The molecule has 0 bridgehead atoms. The highest BCUT2D eigenvalue weighted by molar-refractivity contribution is 6.25. The van der Waals surface area contributed by atoms with E-state index in [1.54, 1.807) is 6.08 Å². The molecule has 0 aromatic carbocycles. The molecule has 0 radical (unpaired) electrons. The van der Waals surface area contributed by atoms with E-state index in [-0.39, 0.29) is 0 Å². The largest absolute Gasteiger partial charge is 0.0923 e. The summed E-state index contributed by atoms with van der Waals surface area (Å²) in [5, 5.41) is 0. The minimum absolute atomic E-state index is 1.14. The zero-order chi connectivity index (χ0) is 7.94. The predicted molar refractivity (Wildman–Crippen MR) is 49.3 cm³/mol. The Bertz CT molecular complexity index is 225. The summed E-state index contributed by atoms with van der Waals surface area (Å²) < 4.78 is 0. The van der Waals surface area contributed by atoms with Crippen molar-refractivity contribution in [3.05, 3.63) is 23.3 Å². The van der Waals surface area contributed by atoms with Gasteiger partial charge >= 0.3 is 0 Å². The van der Waals surface area contributed by atoms with Crippen LogP contribution in [-0.2, 0) is 0 Å². The first-order chi connectivity index (χ1) is 5.43. The third-order valence-electron chi connectivity index (χ3n) is 1.67. The molecule has 0 nitrogen and oxygen atoms in total. The molecule has 0 atom stereocenters. The first kappa shape index (κ1) is 8.43. The van der Waals surface area contributed by atoms with Crippen LogP contribution in [0, 0.1) is 11.8 Å². The molecule has 1 aliphatic rings. The number of hydrogen-bond donors (Lipinski definition) is 0. The van der Waals surface area contributed by atoms with Crippen molar-refractivity contribution < 1.29 is 0 Å². The van der Waals surface area contributed by atoms with Crippen LogP contribution < -0.4 is 0 Å². The van der Waals surface area contributed by atoms with Crippen molar-refractivity contribution in [2.45, 2.75) is 25.7 Å². The van der Waals surface area contributed by atoms with E-state index in [1.807, 2.05) is 0 Å². The van der Waals surface area contributed by atoms with E-state index in [1.165, 1.54) is 30.4 Å². The molecule has 1 rings (SSSR count). The molecule has 0 fully saturated rings. The Kier molecular flexibility index (Phi) is 3.86. The topological polar surface area (TPSA) is 0 Å². The summed E-state index contributed by atoms with van der Waals surface area (Å²) in [6.45, 7) is 0. The van der Waals surface area contributed by atoms with Gasteiger partial charge in [-0.15, -0.1) is 0 Å². The molecule has 58 valence electrons. The number of halogens is 1. The van der Waals surface area contributed by atoms with Crippen LogP contribution in [-0.4, -0.2) is 0 Å². The van der Waals surface area contributed by atoms with Gasteiger partial charge in [0.2, 0.25) is 0 Å². The molecule has 0 N–H and O–H groups in total. The van der Waals surface area contributed by atoms with Gasteiger partial charge in [0.1, 0.15) is 0 Å². The fourth-order valence-corrected chi connectivity index (χ4v) is 1.18. The predicted octanol–water partition coefficient (Wildman–Crippen LogP) is 3.24. The summed E-state index contributed by atoms with van der Waals surface area (Å²) in [4.78, 5) is 0. The van der Waals surface area contributed by atoms with Crippen LogP contribution in [0.25, 0.3) is 0 Å². The maximum atomic E-state index is 5.32. The fourth-order valence-electron chi connectivity index (χ4n) is 1.12. The lowest BCUT2D eigenvalue weighted by molar-refractivity contribution is 0.715. The Hall–Kier alpha value is -0.670. The Balaban J connectivity index is 2.49. The summed E-state index contributed by atoms with van der Waals surface area (Å²) in [5.74, 6) is 5.94. The van der Waals surface area contributed by atoms with Crippen LogP contribution >= 0.6 is 11.6 Å². The lowest BCUT2D eigenvalue weighted by Gasteiger charge is -2.05. The molecule has 0 saturated carbocycles. The van der Waals surface area contributed by atoms with Gasteiger partial charge in [0.15, 0.2) is 0 Å². The summed E-state index contributed by atoms with van der Waals surface area (Å²) in [6.07, 6.45) is 8.81. The van der Waals surface area contributed by atoms with Gasteiger partial charge in [0.05, 0.1) is 0 Å². The standard InChI is InChI=1S/C10H11Cl/c11-9-5-4-8-10-6-2-1-3-7-10/h5-6,9H,1-3,7H2/b9-5+. The van der Waals surface area contributed by atoms with Crippen LogP contribution in [0.3, 0.4) is 0 Å². The minimum atomic E-state index is 1.14. The second-order valence-electron chi connectivity index (χ2n) is 2.54.